The summed E-state index contributed by atoms with van der Waals surface area (Å²) in [6, 6.07) is 13.1. The van der Waals surface area contributed by atoms with Gasteiger partial charge in [-0.25, -0.2) is 0 Å². The van der Waals surface area contributed by atoms with E-state index in [9.17, 15) is 4.79 Å². The van der Waals surface area contributed by atoms with Gasteiger partial charge in [-0.3, -0.25) is 4.79 Å². The number of methoxy groups -OCH3 is 1. The molecule has 0 aromatic heterocycles. The molecule has 2 aromatic carbocycles. The molecule has 4 nitrogen and oxygen atoms in total. The van der Waals surface area contributed by atoms with Crippen molar-refractivity contribution in [1.82, 2.24) is 0 Å². The van der Waals surface area contributed by atoms with Crippen LogP contribution >= 0.6 is 11.8 Å². The van der Waals surface area contributed by atoms with E-state index in [4.69, 9.17) is 14.2 Å². The highest BCUT2D eigenvalue weighted by Gasteiger charge is 2.14. The fraction of sp³-hybridized carbons (Fsp3) is 0.278. The van der Waals surface area contributed by atoms with Crippen LogP contribution in [-0.2, 0) is 0 Å². The third-order valence-corrected chi connectivity index (χ3v) is 4.49. The maximum Gasteiger partial charge on any atom is 0.176 e. The van der Waals surface area contributed by atoms with Crippen LogP contribution < -0.4 is 14.2 Å². The summed E-state index contributed by atoms with van der Waals surface area (Å²) in [5.41, 5.74) is 0.608. The predicted octanol–water partition coefficient (Wildman–Crippen LogP) is 3.83. The van der Waals surface area contributed by atoms with Crippen molar-refractivity contribution >= 4 is 17.5 Å². The van der Waals surface area contributed by atoms with Crippen molar-refractivity contribution in [3.8, 4) is 17.2 Å². The molecule has 5 heteroatoms. The van der Waals surface area contributed by atoms with Crippen LogP contribution in [-0.4, -0.2) is 31.9 Å². The number of hydrogen-bond acceptors (Lipinski definition) is 5. The van der Waals surface area contributed by atoms with E-state index in [1.807, 2.05) is 30.3 Å². The molecule has 0 aliphatic carbocycles. The highest BCUT2D eigenvalue weighted by Crippen LogP contribution is 2.34. The Morgan fingerprint density at radius 3 is 2.74 bits per heavy atom. The highest BCUT2D eigenvalue weighted by molar-refractivity contribution is 8.00. The Morgan fingerprint density at radius 2 is 1.91 bits per heavy atom. The largest absolute Gasteiger partial charge is 0.496 e. The van der Waals surface area contributed by atoms with Gasteiger partial charge in [-0.15, -0.1) is 11.8 Å². The number of rotatable bonds is 5. The molecule has 0 saturated carbocycles. The quantitative estimate of drug-likeness (QED) is 0.616. The van der Waals surface area contributed by atoms with Gasteiger partial charge in [0.25, 0.3) is 0 Å². The van der Waals surface area contributed by atoms with E-state index in [-0.39, 0.29) is 5.78 Å². The van der Waals surface area contributed by atoms with Crippen LogP contribution in [0.3, 0.4) is 0 Å². The molecule has 0 radical (unpaired) electrons. The van der Waals surface area contributed by atoms with Crippen LogP contribution in [0.5, 0.6) is 17.2 Å². The zero-order chi connectivity index (χ0) is 16.1. The summed E-state index contributed by atoms with van der Waals surface area (Å²) in [4.78, 5) is 13.4. The van der Waals surface area contributed by atoms with Gasteiger partial charge in [0.1, 0.15) is 5.75 Å². The van der Waals surface area contributed by atoms with Crippen LogP contribution in [0.25, 0.3) is 0 Å². The third-order valence-electron chi connectivity index (χ3n) is 3.50. The minimum Gasteiger partial charge on any atom is -0.496 e. The summed E-state index contributed by atoms with van der Waals surface area (Å²) in [5, 5.41) is 0. The van der Waals surface area contributed by atoms with E-state index in [1.165, 1.54) is 11.8 Å². The van der Waals surface area contributed by atoms with Gasteiger partial charge in [-0.05, 0) is 30.3 Å². The Labute approximate surface area is 139 Å². The molecule has 0 N–H and O–H groups in total. The lowest BCUT2D eigenvalue weighted by Gasteiger charge is -2.10. The Bertz CT molecular complexity index is 699. The van der Waals surface area contributed by atoms with Crippen LogP contribution in [0.4, 0.5) is 0 Å². The van der Waals surface area contributed by atoms with E-state index in [2.05, 4.69) is 0 Å². The van der Waals surface area contributed by atoms with Crippen molar-refractivity contribution in [2.75, 3.05) is 26.1 Å². The number of para-hydroxylation sites is 1. The molecule has 0 saturated heterocycles. The zero-order valence-electron chi connectivity index (χ0n) is 12.9. The number of carbonyl (C=O) groups excluding carboxylic acids is 1. The minimum atomic E-state index is 0.0413. The van der Waals surface area contributed by atoms with E-state index in [0.29, 0.717) is 30.3 Å². The molecule has 0 bridgehead atoms. The SMILES string of the molecule is COc1ccccc1C(=O)CSc1ccc2c(c1)OCCCO2. The lowest BCUT2D eigenvalue weighted by molar-refractivity contribution is 0.101. The van der Waals surface area contributed by atoms with Gasteiger partial charge in [0, 0.05) is 11.3 Å². The normalized spacial score (nSPS) is 13.3. The second-order valence-electron chi connectivity index (χ2n) is 5.07. The van der Waals surface area contributed by atoms with Gasteiger partial charge in [0.2, 0.25) is 0 Å². The molecule has 1 aliphatic heterocycles. The number of benzene rings is 2. The van der Waals surface area contributed by atoms with Crippen molar-refractivity contribution in [1.29, 1.82) is 0 Å². The summed E-state index contributed by atoms with van der Waals surface area (Å²) in [6.45, 7) is 1.33. The van der Waals surface area contributed by atoms with E-state index < -0.39 is 0 Å². The molecule has 0 atom stereocenters. The number of thioether (sulfide) groups is 1. The second-order valence-corrected chi connectivity index (χ2v) is 6.12. The zero-order valence-corrected chi connectivity index (χ0v) is 13.7. The van der Waals surface area contributed by atoms with Crippen molar-refractivity contribution in [2.24, 2.45) is 0 Å². The third kappa shape index (κ3) is 3.79. The molecule has 0 fully saturated rings. The van der Waals surface area contributed by atoms with Gasteiger partial charge < -0.3 is 14.2 Å². The topological polar surface area (TPSA) is 44.8 Å². The van der Waals surface area contributed by atoms with Crippen molar-refractivity contribution in [2.45, 2.75) is 11.3 Å². The van der Waals surface area contributed by atoms with Crippen LogP contribution in [0.15, 0.2) is 47.4 Å². The number of ether oxygens (including phenoxy) is 3. The second kappa shape index (κ2) is 7.42. The maximum absolute atomic E-state index is 12.4. The summed E-state index contributed by atoms with van der Waals surface area (Å²) >= 11 is 1.48. The fourth-order valence-electron chi connectivity index (χ4n) is 2.34. The molecule has 0 spiro atoms. The first-order valence-electron chi connectivity index (χ1n) is 7.46. The van der Waals surface area contributed by atoms with E-state index in [0.717, 1.165) is 22.8 Å². The summed E-state index contributed by atoms with van der Waals surface area (Å²) < 4.78 is 16.5. The summed E-state index contributed by atoms with van der Waals surface area (Å²) in [5.74, 6) is 2.51. The Kier molecular flexibility index (Phi) is 5.08. The number of fused-ring (bicyclic) bond motifs is 1. The highest BCUT2D eigenvalue weighted by atomic mass is 32.2. The molecule has 2 aromatic rings. The molecule has 0 unspecified atom stereocenters. The van der Waals surface area contributed by atoms with Crippen molar-refractivity contribution < 1.29 is 19.0 Å². The van der Waals surface area contributed by atoms with Crippen LogP contribution in [0, 0.1) is 0 Å². The number of hydrogen-bond donors (Lipinski definition) is 0. The molecular formula is C18H18O4S. The molecule has 0 amide bonds. The molecule has 1 aliphatic rings. The number of Topliss-reactive ketones (excluding diaryl/α,β-unsaturated/α-hetero) is 1. The van der Waals surface area contributed by atoms with E-state index in [1.54, 1.807) is 19.2 Å². The number of carbonyl (C=O) groups is 1. The van der Waals surface area contributed by atoms with E-state index >= 15 is 0 Å². The van der Waals surface area contributed by atoms with Gasteiger partial charge in [-0.2, -0.15) is 0 Å². The average molecular weight is 330 g/mol. The number of ketones is 1. The minimum absolute atomic E-state index is 0.0413. The Morgan fingerprint density at radius 1 is 1.13 bits per heavy atom. The maximum atomic E-state index is 12.4. The molecule has 1 heterocycles. The van der Waals surface area contributed by atoms with Crippen molar-refractivity contribution in [3.63, 3.8) is 0 Å². The van der Waals surface area contributed by atoms with Gasteiger partial charge >= 0.3 is 0 Å². The lowest BCUT2D eigenvalue weighted by Crippen LogP contribution is -2.04. The molecule has 3 rings (SSSR count). The monoisotopic (exact) mass is 330 g/mol. The lowest BCUT2D eigenvalue weighted by atomic mass is 10.1. The predicted molar refractivity (Wildman–Crippen MR) is 90.1 cm³/mol. The standard InChI is InChI=1S/C18H18O4S/c1-20-16-6-3-2-5-14(16)15(19)12-23-13-7-8-17-18(11-13)22-10-4-9-21-17/h2-3,5-8,11H,4,9-10,12H2,1H3. The first-order valence-corrected chi connectivity index (χ1v) is 8.45. The van der Waals surface area contributed by atoms with Crippen molar-refractivity contribution in [3.05, 3.63) is 48.0 Å². The average Bonchev–Trinajstić information content (AvgIpc) is 2.84. The molecule has 23 heavy (non-hydrogen) atoms. The summed E-state index contributed by atoms with van der Waals surface area (Å²) in [6.07, 6.45) is 0.878. The molecule has 120 valence electrons. The smallest absolute Gasteiger partial charge is 0.176 e. The van der Waals surface area contributed by atoms with Crippen LogP contribution in [0.1, 0.15) is 16.8 Å². The summed E-state index contributed by atoms with van der Waals surface area (Å²) in [7, 11) is 1.57. The van der Waals surface area contributed by atoms with Gasteiger partial charge in [0.15, 0.2) is 17.3 Å². The van der Waals surface area contributed by atoms with Crippen LogP contribution in [0.2, 0.25) is 0 Å². The Hall–Kier alpha value is -2.14. The van der Waals surface area contributed by atoms with Gasteiger partial charge in [-0.1, -0.05) is 12.1 Å². The van der Waals surface area contributed by atoms with Gasteiger partial charge in [0.05, 0.1) is 31.6 Å². The Balaban J connectivity index is 1.68. The fourth-order valence-corrected chi connectivity index (χ4v) is 3.14. The first-order chi connectivity index (χ1) is 11.3. The molecular weight excluding hydrogens is 312 g/mol. The first kappa shape index (κ1) is 15.7.